The molecule has 29 heavy (non-hydrogen) atoms. The first-order chi connectivity index (χ1) is 14.0. The minimum atomic E-state index is -1.34. The van der Waals surface area contributed by atoms with Crippen molar-refractivity contribution in [2.24, 2.45) is 0 Å². The maximum absolute atomic E-state index is 12.4. The van der Waals surface area contributed by atoms with Gasteiger partial charge in [-0.2, -0.15) is 0 Å². The monoisotopic (exact) mass is 416 g/mol. The zero-order chi connectivity index (χ0) is 20.8. The van der Waals surface area contributed by atoms with Crippen LogP contribution in [0.5, 0.6) is 0 Å². The van der Waals surface area contributed by atoms with E-state index in [1.165, 1.54) is 19.2 Å². The predicted octanol–water partition coefficient (Wildman–Crippen LogP) is 2.44. The van der Waals surface area contributed by atoms with E-state index in [1.807, 2.05) is 24.3 Å². The highest BCUT2D eigenvalue weighted by Crippen LogP contribution is 2.20. The van der Waals surface area contributed by atoms with Crippen molar-refractivity contribution in [2.75, 3.05) is 42.8 Å². The van der Waals surface area contributed by atoms with E-state index in [9.17, 15) is 13.8 Å². The van der Waals surface area contributed by atoms with Crippen LogP contribution in [0.4, 0.5) is 11.4 Å². The van der Waals surface area contributed by atoms with Gasteiger partial charge in [-0.1, -0.05) is 12.1 Å². The number of amides is 1. The number of rotatable bonds is 6. The third kappa shape index (κ3) is 5.42. The van der Waals surface area contributed by atoms with Gasteiger partial charge in [-0.3, -0.25) is 9.00 Å². The average Bonchev–Trinajstić information content (AvgIpc) is 2.74. The van der Waals surface area contributed by atoms with Crippen LogP contribution in [0.1, 0.15) is 17.3 Å². The van der Waals surface area contributed by atoms with Gasteiger partial charge in [0.25, 0.3) is 5.91 Å². The molecular weight excluding hydrogens is 392 g/mol. The zero-order valence-corrected chi connectivity index (χ0v) is 17.2. The molecule has 1 saturated heterocycles. The van der Waals surface area contributed by atoms with Gasteiger partial charge >= 0.3 is 5.97 Å². The second kappa shape index (κ2) is 9.67. The van der Waals surface area contributed by atoms with Crippen molar-refractivity contribution in [1.29, 1.82) is 0 Å². The van der Waals surface area contributed by atoms with Crippen LogP contribution < -0.4 is 10.2 Å². The Balaban J connectivity index is 1.59. The summed E-state index contributed by atoms with van der Waals surface area (Å²) >= 11 is 0. The molecule has 0 spiro atoms. The molecule has 7 nitrogen and oxygen atoms in total. The van der Waals surface area contributed by atoms with Crippen LogP contribution in [0.15, 0.2) is 53.4 Å². The molecule has 2 aromatic carbocycles. The number of hydrogen-bond donors (Lipinski definition) is 1. The first kappa shape index (κ1) is 21.0. The summed E-state index contributed by atoms with van der Waals surface area (Å²) in [5, 5.41) is 2.75. The number of hydrogen-bond acceptors (Lipinski definition) is 6. The van der Waals surface area contributed by atoms with E-state index >= 15 is 0 Å². The van der Waals surface area contributed by atoms with Gasteiger partial charge in [0.05, 0.1) is 34.5 Å². The molecule has 2 atom stereocenters. The molecule has 0 bridgehead atoms. The number of esters is 1. The molecule has 0 saturated carbocycles. The molecule has 0 aliphatic carbocycles. The van der Waals surface area contributed by atoms with Crippen LogP contribution in [-0.4, -0.2) is 54.7 Å². The van der Waals surface area contributed by atoms with Gasteiger partial charge in [0.2, 0.25) is 0 Å². The van der Waals surface area contributed by atoms with E-state index in [1.54, 1.807) is 18.2 Å². The number of nitrogens with one attached hydrogen (secondary N) is 1. The Morgan fingerprint density at radius 2 is 1.76 bits per heavy atom. The summed E-state index contributed by atoms with van der Waals surface area (Å²) < 4.78 is 22.4. The van der Waals surface area contributed by atoms with E-state index < -0.39 is 28.8 Å². The molecule has 8 heteroatoms. The molecule has 1 aliphatic rings. The Morgan fingerprint density at radius 1 is 1.10 bits per heavy atom. The van der Waals surface area contributed by atoms with Crippen LogP contribution in [0.25, 0.3) is 0 Å². The van der Waals surface area contributed by atoms with Crippen LogP contribution in [-0.2, 0) is 25.1 Å². The maximum Gasteiger partial charge on any atom is 0.340 e. The molecule has 1 heterocycles. The molecule has 1 N–H and O–H groups in total. The highest BCUT2D eigenvalue weighted by Gasteiger charge is 2.22. The van der Waals surface area contributed by atoms with Crippen molar-refractivity contribution in [3.8, 4) is 0 Å². The van der Waals surface area contributed by atoms with Gasteiger partial charge in [0.15, 0.2) is 6.10 Å². The number of carbonyl (C=O) groups is 2. The number of anilines is 2. The molecule has 3 rings (SSSR count). The topological polar surface area (TPSA) is 84.9 Å². The van der Waals surface area contributed by atoms with Crippen molar-refractivity contribution in [1.82, 2.24) is 0 Å². The molecule has 2 aromatic rings. The molecule has 0 radical (unpaired) electrons. The smallest absolute Gasteiger partial charge is 0.340 e. The van der Waals surface area contributed by atoms with E-state index in [0.29, 0.717) is 23.8 Å². The zero-order valence-electron chi connectivity index (χ0n) is 16.4. The second-order valence-electron chi connectivity index (χ2n) is 6.63. The molecule has 1 fully saturated rings. The van der Waals surface area contributed by atoms with Crippen LogP contribution in [0.2, 0.25) is 0 Å². The third-order valence-corrected chi connectivity index (χ3v) is 5.56. The number of benzene rings is 2. The molecule has 0 aromatic heterocycles. The minimum Gasteiger partial charge on any atom is -0.449 e. The molecule has 154 valence electrons. The van der Waals surface area contributed by atoms with Crippen molar-refractivity contribution < 1.29 is 23.3 Å². The van der Waals surface area contributed by atoms with Crippen molar-refractivity contribution in [3.63, 3.8) is 0 Å². The van der Waals surface area contributed by atoms with E-state index in [4.69, 9.17) is 9.47 Å². The van der Waals surface area contributed by atoms with Gasteiger partial charge in [0, 0.05) is 30.7 Å². The summed E-state index contributed by atoms with van der Waals surface area (Å²) in [6.45, 7) is 4.58. The quantitative estimate of drug-likeness (QED) is 0.728. The molecule has 1 amide bonds. The lowest BCUT2D eigenvalue weighted by Crippen LogP contribution is -2.36. The van der Waals surface area contributed by atoms with E-state index in [2.05, 4.69) is 10.2 Å². The van der Waals surface area contributed by atoms with Crippen molar-refractivity contribution in [3.05, 3.63) is 54.1 Å². The predicted molar refractivity (Wildman–Crippen MR) is 112 cm³/mol. The van der Waals surface area contributed by atoms with Crippen molar-refractivity contribution in [2.45, 2.75) is 17.9 Å². The average molecular weight is 416 g/mol. The first-order valence-corrected chi connectivity index (χ1v) is 10.9. The molecule has 0 unspecified atom stereocenters. The first-order valence-electron chi connectivity index (χ1n) is 9.33. The minimum absolute atomic E-state index is 0.197. The largest absolute Gasteiger partial charge is 0.449 e. The lowest BCUT2D eigenvalue weighted by atomic mass is 10.2. The Bertz CT molecular complexity index is 894. The SMILES string of the molecule is C[C@H](OC(=O)c1ccccc1[S@@](C)=O)C(=O)Nc1ccc(N2CCOCC2)cc1. The van der Waals surface area contributed by atoms with Crippen molar-refractivity contribution >= 4 is 34.1 Å². The molecule has 1 aliphatic heterocycles. The second-order valence-corrected chi connectivity index (χ2v) is 7.98. The fraction of sp³-hybridized carbons (Fsp3) is 0.333. The molecular formula is C21H24N2O5S. The summed E-state index contributed by atoms with van der Waals surface area (Å²) in [6, 6.07) is 14.0. The summed E-state index contributed by atoms with van der Waals surface area (Å²) in [6.07, 6.45) is 0.489. The highest BCUT2D eigenvalue weighted by atomic mass is 32.2. The maximum atomic E-state index is 12.4. The van der Waals surface area contributed by atoms with E-state index in [0.717, 1.165) is 18.8 Å². The Kier molecular flexibility index (Phi) is 7.00. The van der Waals surface area contributed by atoms with Crippen LogP contribution in [0.3, 0.4) is 0 Å². The Labute approximate surface area is 172 Å². The number of ether oxygens (including phenoxy) is 2. The lowest BCUT2D eigenvalue weighted by Gasteiger charge is -2.28. The van der Waals surface area contributed by atoms with Gasteiger partial charge < -0.3 is 19.7 Å². The fourth-order valence-electron chi connectivity index (χ4n) is 2.98. The fourth-order valence-corrected chi connectivity index (χ4v) is 3.72. The Morgan fingerprint density at radius 3 is 2.41 bits per heavy atom. The highest BCUT2D eigenvalue weighted by molar-refractivity contribution is 7.84. The van der Waals surface area contributed by atoms with Gasteiger partial charge in [0.1, 0.15) is 0 Å². The number of carbonyl (C=O) groups excluding carboxylic acids is 2. The van der Waals surface area contributed by atoms with Gasteiger partial charge in [-0.05, 0) is 43.3 Å². The summed E-state index contributed by atoms with van der Waals surface area (Å²) in [7, 11) is -1.34. The lowest BCUT2D eigenvalue weighted by molar-refractivity contribution is -0.123. The Hall–Kier alpha value is -2.71. The van der Waals surface area contributed by atoms with Gasteiger partial charge in [-0.25, -0.2) is 4.79 Å². The van der Waals surface area contributed by atoms with Crippen LogP contribution in [0, 0.1) is 0 Å². The summed E-state index contributed by atoms with van der Waals surface area (Å²) in [4.78, 5) is 27.4. The normalized spacial score (nSPS) is 16.0. The van der Waals surface area contributed by atoms with E-state index in [-0.39, 0.29) is 5.56 Å². The van der Waals surface area contributed by atoms with Gasteiger partial charge in [-0.15, -0.1) is 0 Å². The summed E-state index contributed by atoms with van der Waals surface area (Å²) in [5.41, 5.74) is 1.88. The number of morpholine rings is 1. The summed E-state index contributed by atoms with van der Waals surface area (Å²) in [5.74, 6) is -1.12. The standard InChI is InChI=1S/C21H24N2O5S/c1-15(28-21(25)18-5-3-4-6-19(18)29(2)26)20(24)22-16-7-9-17(10-8-16)23-11-13-27-14-12-23/h3-10,15H,11-14H2,1-2H3,(H,22,24)/t15-,29+/m0/s1. The number of nitrogens with zero attached hydrogens (tertiary/aromatic N) is 1. The van der Waals surface area contributed by atoms with Crippen LogP contribution >= 0.6 is 0 Å². The third-order valence-electron chi connectivity index (χ3n) is 4.58.